The summed E-state index contributed by atoms with van der Waals surface area (Å²) < 4.78 is 14.1. The highest BCUT2D eigenvalue weighted by Gasteiger charge is 2.33. The third-order valence-corrected chi connectivity index (χ3v) is 4.95. The molecule has 0 spiro atoms. The van der Waals surface area contributed by atoms with Crippen LogP contribution >= 0.6 is 0 Å². The molecule has 0 radical (unpaired) electrons. The van der Waals surface area contributed by atoms with Crippen molar-refractivity contribution in [2.75, 3.05) is 0 Å². The molecule has 0 amide bonds. The van der Waals surface area contributed by atoms with E-state index in [9.17, 15) is 4.39 Å². The van der Waals surface area contributed by atoms with Gasteiger partial charge in [0.05, 0.1) is 0 Å². The Hall–Kier alpha value is -0.850. The molecule has 0 bridgehead atoms. The van der Waals surface area contributed by atoms with Gasteiger partial charge in [-0.25, -0.2) is 4.39 Å². The van der Waals surface area contributed by atoms with Gasteiger partial charge in [-0.05, 0) is 65.7 Å². The first kappa shape index (κ1) is 13.1. The maximum atomic E-state index is 14.1. The molecule has 0 aliphatic heterocycles. The van der Waals surface area contributed by atoms with Crippen molar-refractivity contribution in [1.82, 2.24) is 0 Å². The zero-order chi connectivity index (χ0) is 13.6. The van der Waals surface area contributed by atoms with Crippen LogP contribution in [0.4, 0.5) is 4.39 Å². The van der Waals surface area contributed by atoms with Crippen LogP contribution in [-0.2, 0) is 12.8 Å². The topological polar surface area (TPSA) is 0 Å². The van der Waals surface area contributed by atoms with Gasteiger partial charge in [-0.3, -0.25) is 0 Å². The van der Waals surface area contributed by atoms with Crippen LogP contribution in [0.2, 0.25) is 0 Å². The summed E-state index contributed by atoms with van der Waals surface area (Å²) in [5.41, 5.74) is 3.94. The van der Waals surface area contributed by atoms with Gasteiger partial charge in [0, 0.05) is 0 Å². The molecule has 1 heteroatoms. The first-order chi connectivity index (χ1) is 8.95. The molecule has 1 aromatic carbocycles. The second-order valence-corrected chi connectivity index (χ2v) is 7.58. The fourth-order valence-corrected chi connectivity index (χ4v) is 3.53. The van der Waals surface area contributed by atoms with E-state index in [1.165, 1.54) is 36.8 Å². The lowest BCUT2D eigenvalue weighted by Gasteiger charge is -2.28. The molecule has 0 aromatic heterocycles. The summed E-state index contributed by atoms with van der Waals surface area (Å²) in [7, 11) is 0. The highest BCUT2D eigenvalue weighted by Crippen LogP contribution is 2.45. The molecule has 1 aromatic rings. The summed E-state index contributed by atoms with van der Waals surface area (Å²) in [6, 6.07) is 4.01. The van der Waals surface area contributed by atoms with Gasteiger partial charge < -0.3 is 0 Å². The highest BCUT2D eigenvalue weighted by atomic mass is 19.1. The minimum absolute atomic E-state index is 0.0361. The monoisotopic (exact) mass is 260 g/mol. The molecule has 0 nitrogen and oxygen atoms in total. The highest BCUT2D eigenvalue weighted by molar-refractivity contribution is 5.40. The standard InChI is InChI=1S/C18H25F/c1-18(2,3)16-9-8-13-11-17(19)14(10-15(13)16)7-6-12-4-5-12/h10-12,16H,4-9H2,1-3H3/t16-/m1/s1. The van der Waals surface area contributed by atoms with Gasteiger partial charge in [-0.2, -0.15) is 0 Å². The van der Waals surface area contributed by atoms with E-state index >= 15 is 0 Å². The number of hydrogen-bond donors (Lipinski definition) is 0. The van der Waals surface area contributed by atoms with Crippen molar-refractivity contribution in [2.45, 2.75) is 65.2 Å². The number of benzene rings is 1. The Morgan fingerprint density at radius 2 is 1.89 bits per heavy atom. The van der Waals surface area contributed by atoms with Crippen LogP contribution < -0.4 is 0 Å². The van der Waals surface area contributed by atoms with Crippen LogP contribution in [0.1, 0.15) is 69.1 Å². The van der Waals surface area contributed by atoms with Crippen molar-refractivity contribution in [3.05, 3.63) is 34.6 Å². The molecule has 0 unspecified atom stereocenters. The molecule has 2 aliphatic rings. The Balaban J connectivity index is 1.86. The van der Waals surface area contributed by atoms with Gasteiger partial charge >= 0.3 is 0 Å². The number of aryl methyl sites for hydroxylation is 2. The molecule has 0 heterocycles. The van der Waals surface area contributed by atoms with Crippen LogP contribution in [0.5, 0.6) is 0 Å². The summed E-state index contributed by atoms with van der Waals surface area (Å²) in [6.45, 7) is 6.92. The minimum Gasteiger partial charge on any atom is -0.207 e. The molecule has 0 N–H and O–H groups in total. The van der Waals surface area contributed by atoms with E-state index in [1.54, 1.807) is 0 Å². The van der Waals surface area contributed by atoms with E-state index in [-0.39, 0.29) is 11.2 Å². The van der Waals surface area contributed by atoms with Crippen LogP contribution in [0, 0.1) is 17.2 Å². The molecule has 19 heavy (non-hydrogen) atoms. The van der Waals surface area contributed by atoms with Crippen molar-refractivity contribution >= 4 is 0 Å². The maximum Gasteiger partial charge on any atom is 0.126 e. The van der Waals surface area contributed by atoms with Crippen LogP contribution in [0.25, 0.3) is 0 Å². The first-order valence-corrected chi connectivity index (χ1v) is 7.76. The Morgan fingerprint density at radius 3 is 2.53 bits per heavy atom. The predicted octanol–water partition coefficient (Wildman–Crippen LogP) is 5.24. The predicted molar refractivity (Wildman–Crippen MR) is 78.0 cm³/mol. The smallest absolute Gasteiger partial charge is 0.126 e. The van der Waals surface area contributed by atoms with E-state index in [0.29, 0.717) is 5.92 Å². The van der Waals surface area contributed by atoms with E-state index in [2.05, 4.69) is 26.8 Å². The van der Waals surface area contributed by atoms with Crippen molar-refractivity contribution in [3.63, 3.8) is 0 Å². The van der Waals surface area contributed by atoms with Crippen molar-refractivity contribution in [1.29, 1.82) is 0 Å². The lowest BCUT2D eigenvalue weighted by Crippen LogP contribution is -2.16. The molecule has 104 valence electrons. The fraction of sp³-hybridized carbons (Fsp3) is 0.667. The van der Waals surface area contributed by atoms with Gasteiger partial charge in [-0.15, -0.1) is 0 Å². The van der Waals surface area contributed by atoms with Gasteiger partial charge in [0.25, 0.3) is 0 Å². The summed E-state index contributed by atoms with van der Waals surface area (Å²) in [5.74, 6) is 1.52. The van der Waals surface area contributed by atoms with E-state index in [0.717, 1.165) is 24.3 Å². The van der Waals surface area contributed by atoms with E-state index in [1.807, 2.05) is 6.07 Å². The van der Waals surface area contributed by atoms with Crippen LogP contribution in [0.15, 0.2) is 12.1 Å². The SMILES string of the molecule is CC(C)(C)[C@@H]1CCc2cc(F)c(CCC3CC3)cc21. The third kappa shape index (κ3) is 2.70. The first-order valence-electron chi connectivity index (χ1n) is 7.76. The number of fused-ring (bicyclic) bond motifs is 1. The lowest BCUT2D eigenvalue weighted by atomic mass is 9.77. The van der Waals surface area contributed by atoms with Crippen molar-refractivity contribution in [3.8, 4) is 0 Å². The Bertz CT molecular complexity index is 477. The molecular formula is C18H25F. The quantitative estimate of drug-likeness (QED) is 0.696. The number of rotatable bonds is 3. The molecule has 1 atom stereocenters. The van der Waals surface area contributed by atoms with Crippen molar-refractivity contribution < 1.29 is 4.39 Å². The second-order valence-electron chi connectivity index (χ2n) is 7.58. The van der Waals surface area contributed by atoms with Crippen molar-refractivity contribution in [2.24, 2.45) is 11.3 Å². The Kier molecular flexibility index (Phi) is 3.19. The maximum absolute atomic E-state index is 14.1. The Labute approximate surface area is 116 Å². The molecule has 2 aliphatic carbocycles. The normalized spacial score (nSPS) is 22.6. The summed E-state index contributed by atoms with van der Waals surface area (Å²) >= 11 is 0. The number of halogens is 1. The van der Waals surface area contributed by atoms with Gasteiger partial charge in [-0.1, -0.05) is 39.7 Å². The summed E-state index contributed by atoms with van der Waals surface area (Å²) in [5, 5.41) is 0. The molecule has 1 fully saturated rings. The van der Waals surface area contributed by atoms with Gasteiger partial charge in [0.15, 0.2) is 0 Å². The molecule has 3 rings (SSSR count). The zero-order valence-corrected chi connectivity index (χ0v) is 12.4. The average molecular weight is 260 g/mol. The average Bonchev–Trinajstić information content (AvgIpc) is 3.04. The zero-order valence-electron chi connectivity index (χ0n) is 12.4. The van der Waals surface area contributed by atoms with E-state index < -0.39 is 0 Å². The lowest BCUT2D eigenvalue weighted by molar-refractivity contribution is 0.319. The summed E-state index contributed by atoms with van der Waals surface area (Å²) in [4.78, 5) is 0. The minimum atomic E-state index is 0.0361. The molecule has 0 saturated heterocycles. The van der Waals surface area contributed by atoms with E-state index in [4.69, 9.17) is 0 Å². The number of hydrogen-bond acceptors (Lipinski definition) is 0. The Morgan fingerprint density at radius 1 is 1.16 bits per heavy atom. The third-order valence-electron chi connectivity index (χ3n) is 4.95. The molecule has 1 saturated carbocycles. The summed E-state index contributed by atoms with van der Waals surface area (Å²) in [6.07, 6.45) is 7.06. The van der Waals surface area contributed by atoms with Gasteiger partial charge in [0.2, 0.25) is 0 Å². The van der Waals surface area contributed by atoms with Crippen LogP contribution in [0.3, 0.4) is 0 Å². The largest absolute Gasteiger partial charge is 0.207 e. The fourth-order valence-electron chi connectivity index (χ4n) is 3.53. The molecular weight excluding hydrogens is 235 g/mol. The second kappa shape index (κ2) is 4.61. The van der Waals surface area contributed by atoms with Crippen LogP contribution in [-0.4, -0.2) is 0 Å². The van der Waals surface area contributed by atoms with Gasteiger partial charge in [0.1, 0.15) is 5.82 Å².